The Bertz CT molecular complexity index is 810. The number of thiophene rings is 1. The van der Waals surface area contributed by atoms with Crippen LogP contribution >= 0.6 is 11.3 Å². The third kappa shape index (κ3) is 2.01. The maximum Gasteiger partial charge on any atom is 0.331 e. The summed E-state index contributed by atoms with van der Waals surface area (Å²) >= 11 is 1.59. The summed E-state index contributed by atoms with van der Waals surface area (Å²) in [7, 11) is 0. The van der Waals surface area contributed by atoms with Crippen LogP contribution in [0, 0.1) is 0 Å². The largest absolute Gasteiger partial charge is 0.479 e. The van der Waals surface area contributed by atoms with Crippen LogP contribution in [0.3, 0.4) is 0 Å². The van der Waals surface area contributed by atoms with Gasteiger partial charge in [0.15, 0.2) is 11.4 Å². The quantitative estimate of drug-likeness (QED) is 0.801. The topological polar surface area (TPSA) is 80.9 Å². The highest BCUT2D eigenvalue weighted by Gasteiger charge is 2.37. The highest BCUT2D eigenvalue weighted by atomic mass is 32.1. The molecule has 0 aliphatic rings. The molecule has 6 nitrogen and oxygen atoms in total. The number of tetrazole rings is 1. The maximum atomic E-state index is 11.6. The molecule has 108 valence electrons. The van der Waals surface area contributed by atoms with Crippen molar-refractivity contribution in [2.24, 2.45) is 0 Å². The van der Waals surface area contributed by atoms with E-state index < -0.39 is 11.5 Å². The number of hydrogen-bond donors (Lipinski definition) is 1. The van der Waals surface area contributed by atoms with E-state index in [2.05, 4.69) is 15.5 Å². The van der Waals surface area contributed by atoms with Gasteiger partial charge in [0.05, 0.1) is 0 Å². The van der Waals surface area contributed by atoms with Gasteiger partial charge in [0.25, 0.3) is 0 Å². The zero-order valence-electron chi connectivity index (χ0n) is 11.6. The molecule has 0 aliphatic carbocycles. The van der Waals surface area contributed by atoms with Gasteiger partial charge in [-0.15, -0.1) is 16.4 Å². The minimum atomic E-state index is -1.16. The van der Waals surface area contributed by atoms with Crippen molar-refractivity contribution in [1.82, 2.24) is 20.2 Å². The molecule has 3 rings (SSSR count). The van der Waals surface area contributed by atoms with Crippen molar-refractivity contribution in [3.63, 3.8) is 0 Å². The Morgan fingerprint density at radius 3 is 2.90 bits per heavy atom. The number of carboxylic acid groups (broad SMARTS) is 1. The van der Waals surface area contributed by atoms with E-state index in [9.17, 15) is 9.90 Å². The summed E-state index contributed by atoms with van der Waals surface area (Å²) in [4.78, 5) is 11.6. The van der Waals surface area contributed by atoms with Gasteiger partial charge in [-0.2, -0.15) is 0 Å². The number of fused-ring (bicyclic) bond motifs is 1. The van der Waals surface area contributed by atoms with Crippen molar-refractivity contribution >= 4 is 27.4 Å². The third-order valence-corrected chi connectivity index (χ3v) is 4.77. The molecule has 7 heteroatoms. The van der Waals surface area contributed by atoms with E-state index >= 15 is 0 Å². The molecular formula is C14H14N4O2S. The fraction of sp³-hybridized carbons (Fsp3) is 0.286. The summed E-state index contributed by atoms with van der Waals surface area (Å²) < 4.78 is 2.53. The Hall–Kier alpha value is -2.28. The Kier molecular flexibility index (Phi) is 3.21. The van der Waals surface area contributed by atoms with Crippen LogP contribution < -0.4 is 0 Å². The molecule has 0 bridgehead atoms. The van der Waals surface area contributed by atoms with Gasteiger partial charge in [-0.3, -0.25) is 0 Å². The van der Waals surface area contributed by atoms with E-state index in [0.717, 1.165) is 15.6 Å². The predicted molar refractivity (Wildman–Crippen MR) is 80.2 cm³/mol. The first-order valence-corrected chi connectivity index (χ1v) is 7.44. The van der Waals surface area contributed by atoms with E-state index in [0.29, 0.717) is 12.2 Å². The molecular weight excluding hydrogens is 288 g/mol. The zero-order chi connectivity index (χ0) is 15.0. The summed E-state index contributed by atoms with van der Waals surface area (Å²) in [5.74, 6) is -0.461. The van der Waals surface area contributed by atoms with Crippen LogP contribution in [0.2, 0.25) is 0 Å². The fourth-order valence-corrected chi connectivity index (χ4v) is 3.17. The molecule has 0 fully saturated rings. The van der Waals surface area contributed by atoms with Crippen molar-refractivity contribution < 1.29 is 9.90 Å². The summed E-state index contributed by atoms with van der Waals surface area (Å²) in [5.41, 5.74) is -0.302. The molecule has 1 aromatic carbocycles. The van der Waals surface area contributed by atoms with Crippen LogP contribution in [-0.2, 0) is 10.3 Å². The molecule has 1 atom stereocenters. The number of benzene rings is 1. The fourth-order valence-electron chi connectivity index (χ4n) is 2.23. The average Bonchev–Trinajstić information content (AvgIpc) is 3.12. The third-order valence-electron chi connectivity index (χ3n) is 3.81. The lowest BCUT2D eigenvalue weighted by molar-refractivity contribution is -0.147. The second-order valence-corrected chi connectivity index (χ2v) is 5.90. The Balaban J connectivity index is 2.22. The lowest BCUT2D eigenvalue weighted by Gasteiger charge is -2.23. The number of nitrogens with zero attached hydrogens (tertiary/aromatic N) is 4. The van der Waals surface area contributed by atoms with Gasteiger partial charge in [-0.1, -0.05) is 25.1 Å². The van der Waals surface area contributed by atoms with Crippen LogP contribution in [0.5, 0.6) is 0 Å². The second-order valence-electron chi connectivity index (χ2n) is 4.99. The predicted octanol–water partition coefficient (Wildman–Crippen LogP) is 2.76. The minimum Gasteiger partial charge on any atom is -0.479 e. The molecule has 21 heavy (non-hydrogen) atoms. The zero-order valence-corrected chi connectivity index (χ0v) is 12.5. The summed E-state index contributed by atoms with van der Waals surface area (Å²) in [5, 5.41) is 24.2. The van der Waals surface area contributed by atoms with Gasteiger partial charge in [-0.25, -0.2) is 9.48 Å². The first-order chi connectivity index (χ1) is 10.1. The molecule has 0 aliphatic heterocycles. The monoisotopic (exact) mass is 302 g/mol. The lowest BCUT2D eigenvalue weighted by Crippen LogP contribution is -2.39. The Labute approximate surface area is 125 Å². The normalized spacial score (nSPS) is 14.2. The highest BCUT2D eigenvalue weighted by molar-refractivity contribution is 7.17. The summed E-state index contributed by atoms with van der Waals surface area (Å²) in [6.45, 7) is 3.44. The Morgan fingerprint density at radius 1 is 1.43 bits per heavy atom. The summed E-state index contributed by atoms with van der Waals surface area (Å²) in [6, 6.07) is 7.93. The van der Waals surface area contributed by atoms with Crippen molar-refractivity contribution in [2.75, 3.05) is 0 Å². The van der Waals surface area contributed by atoms with E-state index in [-0.39, 0.29) is 0 Å². The number of aliphatic carboxylic acids is 1. The van der Waals surface area contributed by atoms with Gasteiger partial charge in [0.2, 0.25) is 0 Å². The molecule has 3 aromatic rings. The van der Waals surface area contributed by atoms with Crippen LogP contribution in [0.15, 0.2) is 29.6 Å². The SMILES string of the molecule is CCC(C)(C(=O)O)n1nnnc1-c1csc2ccccc12. The van der Waals surface area contributed by atoms with Crippen LogP contribution in [0.1, 0.15) is 20.3 Å². The molecule has 2 aromatic heterocycles. The van der Waals surface area contributed by atoms with Gasteiger partial charge in [-0.05, 0) is 29.8 Å². The van der Waals surface area contributed by atoms with Crippen LogP contribution in [-0.4, -0.2) is 31.3 Å². The molecule has 0 amide bonds. The van der Waals surface area contributed by atoms with Crippen molar-refractivity contribution in [2.45, 2.75) is 25.8 Å². The maximum absolute atomic E-state index is 11.6. The Morgan fingerprint density at radius 2 is 2.19 bits per heavy atom. The van der Waals surface area contributed by atoms with Gasteiger partial charge in [0.1, 0.15) is 0 Å². The first-order valence-electron chi connectivity index (χ1n) is 6.57. The van der Waals surface area contributed by atoms with Gasteiger partial charge in [0, 0.05) is 21.0 Å². The van der Waals surface area contributed by atoms with Gasteiger partial charge >= 0.3 is 5.97 Å². The van der Waals surface area contributed by atoms with Crippen molar-refractivity contribution in [3.05, 3.63) is 29.6 Å². The number of carboxylic acids is 1. The molecule has 0 saturated carbocycles. The minimum absolute atomic E-state index is 0.391. The van der Waals surface area contributed by atoms with E-state index in [1.54, 1.807) is 18.3 Å². The molecule has 1 unspecified atom stereocenters. The summed E-state index contributed by atoms with van der Waals surface area (Å²) in [6.07, 6.45) is 0.391. The first kappa shape index (κ1) is 13.7. The second kappa shape index (κ2) is 4.92. The van der Waals surface area contributed by atoms with Gasteiger partial charge < -0.3 is 5.11 Å². The molecule has 0 saturated heterocycles. The number of carbonyl (C=O) groups is 1. The van der Waals surface area contributed by atoms with E-state index in [1.807, 2.05) is 36.6 Å². The molecule has 2 heterocycles. The van der Waals surface area contributed by atoms with E-state index in [4.69, 9.17) is 0 Å². The average molecular weight is 302 g/mol. The van der Waals surface area contributed by atoms with Crippen LogP contribution in [0.4, 0.5) is 0 Å². The molecule has 0 spiro atoms. The smallest absolute Gasteiger partial charge is 0.331 e. The van der Waals surface area contributed by atoms with Crippen molar-refractivity contribution in [3.8, 4) is 11.4 Å². The number of aromatic nitrogens is 4. The van der Waals surface area contributed by atoms with E-state index in [1.165, 1.54) is 4.68 Å². The van der Waals surface area contributed by atoms with Crippen molar-refractivity contribution in [1.29, 1.82) is 0 Å². The standard InChI is InChI=1S/C14H14N4O2S/c1-3-14(2,13(19)20)18-12(15-16-17-18)10-8-21-11-7-5-4-6-9(10)11/h4-8H,3H2,1-2H3,(H,19,20). The molecule has 0 radical (unpaired) electrons. The number of hydrogen-bond acceptors (Lipinski definition) is 5. The number of rotatable bonds is 4. The molecule has 1 N–H and O–H groups in total. The highest BCUT2D eigenvalue weighted by Crippen LogP contribution is 2.34. The van der Waals surface area contributed by atoms with Crippen LogP contribution in [0.25, 0.3) is 21.5 Å². The lowest BCUT2D eigenvalue weighted by atomic mass is 9.99.